The van der Waals surface area contributed by atoms with Crippen molar-refractivity contribution in [2.24, 2.45) is 5.92 Å². The molecule has 0 aromatic heterocycles. The van der Waals surface area contributed by atoms with E-state index < -0.39 is 10.0 Å². The molecule has 6 heteroatoms. The number of hydrogen-bond donors (Lipinski definition) is 2. The summed E-state index contributed by atoms with van der Waals surface area (Å²) in [4.78, 5) is 2.30. The van der Waals surface area contributed by atoms with E-state index in [9.17, 15) is 8.42 Å². The first kappa shape index (κ1) is 17.9. The molecule has 0 aliphatic carbocycles. The Balaban J connectivity index is 2.35. The van der Waals surface area contributed by atoms with Gasteiger partial charge >= 0.3 is 0 Å². The van der Waals surface area contributed by atoms with Gasteiger partial charge in [0, 0.05) is 25.2 Å². The van der Waals surface area contributed by atoms with Gasteiger partial charge in [-0.15, -0.1) is 0 Å². The normalized spacial score (nSPS) is 18.4. The van der Waals surface area contributed by atoms with Crippen LogP contribution in [0.15, 0.2) is 0 Å². The number of piperidine rings is 1. The minimum Gasteiger partial charge on any atom is -0.317 e. The highest BCUT2D eigenvalue weighted by atomic mass is 32.2. The van der Waals surface area contributed by atoms with E-state index in [1.165, 1.54) is 0 Å². The molecule has 20 heavy (non-hydrogen) atoms. The molecular weight excluding hydrogens is 274 g/mol. The van der Waals surface area contributed by atoms with Crippen LogP contribution < -0.4 is 10.0 Å². The number of hydrogen-bond acceptors (Lipinski definition) is 4. The summed E-state index contributed by atoms with van der Waals surface area (Å²) >= 11 is 0. The minimum atomic E-state index is -3.13. The lowest BCUT2D eigenvalue weighted by Gasteiger charge is -2.30. The Labute approximate surface area is 124 Å². The molecule has 0 unspecified atom stereocenters. The lowest BCUT2D eigenvalue weighted by atomic mass is 10.0. The maximum atomic E-state index is 12.1. The van der Waals surface area contributed by atoms with Crippen LogP contribution in [-0.2, 0) is 10.0 Å². The van der Waals surface area contributed by atoms with E-state index >= 15 is 0 Å². The summed E-state index contributed by atoms with van der Waals surface area (Å²) < 4.78 is 26.9. The molecule has 0 bridgehead atoms. The molecule has 0 spiro atoms. The molecule has 0 saturated carbocycles. The molecule has 0 aromatic rings. The Morgan fingerprint density at radius 2 is 1.70 bits per heavy atom. The highest BCUT2D eigenvalue weighted by Crippen LogP contribution is 2.13. The van der Waals surface area contributed by atoms with Crippen molar-refractivity contribution in [3.8, 4) is 0 Å². The fourth-order valence-electron chi connectivity index (χ4n) is 2.86. The number of nitrogens with one attached hydrogen (secondary N) is 2. The molecule has 1 heterocycles. The summed E-state index contributed by atoms with van der Waals surface area (Å²) in [7, 11) is -3.13. The first-order valence-corrected chi connectivity index (χ1v) is 9.41. The largest absolute Gasteiger partial charge is 0.317 e. The maximum absolute atomic E-state index is 12.1. The van der Waals surface area contributed by atoms with Gasteiger partial charge in [-0.25, -0.2) is 13.1 Å². The van der Waals surface area contributed by atoms with Crippen LogP contribution in [0.5, 0.6) is 0 Å². The topological polar surface area (TPSA) is 61.4 Å². The highest BCUT2D eigenvalue weighted by molar-refractivity contribution is 7.89. The van der Waals surface area contributed by atoms with Crippen LogP contribution in [0.3, 0.4) is 0 Å². The van der Waals surface area contributed by atoms with E-state index in [1.807, 2.05) is 0 Å². The molecule has 1 rings (SSSR count). The monoisotopic (exact) mass is 305 g/mol. The molecule has 0 aromatic carbocycles. The maximum Gasteiger partial charge on any atom is 0.211 e. The van der Waals surface area contributed by atoms with Crippen molar-refractivity contribution in [3.63, 3.8) is 0 Å². The molecule has 0 atom stereocenters. The summed E-state index contributed by atoms with van der Waals surface area (Å²) in [5.41, 5.74) is 0. The minimum absolute atomic E-state index is 0.276. The van der Waals surface area contributed by atoms with Gasteiger partial charge in [0.15, 0.2) is 0 Å². The third-order valence-electron chi connectivity index (χ3n) is 3.93. The van der Waals surface area contributed by atoms with E-state index in [0.29, 0.717) is 24.5 Å². The van der Waals surface area contributed by atoms with Gasteiger partial charge in [-0.3, -0.25) is 4.90 Å². The van der Waals surface area contributed by atoms with Crippen LogP contribution in [0, 0.1) is 5.92 Å². The van der Waals surface area contributed by atoms with E-state index in [-0.39, 0.29) is 5.75 Å². The predicted octanol–water partition coefficient (Wildman–Crippen LogP) is 1.02. The molecule has 0 radical (unpaired) electrons. The summed E-state index contributed by atoms with van der Waals surface area (Å²) in [6, 6.07) is 0.868. The van der Waals surface area contributed by atoms with Gasteiger partial charge in [-0.2, -0.15) is 0 Å². The van der Waals surface area contributed by atoms with Crippen LogP contribution in [0.2, 0.25) is 0 Å². The molecule has 1 aliphatic heterocycles. The highest BCUT2D eigenvalue weighted by Gasteiger charge is 2.21. The summed E-state index contributed by atoms with van der Waals surface area (Å²) in [5.74, 6) is 0.581. The van der Waals surface area contributed by atoms with Crippen LogP contribution >= 0.6 is 0 Å². The predicted molar refractivity (Wildman–Crippen MR) is 84.4 cm³/mol. The summed E-state index contributed by atoms with van der Waals surface area (Å²) in [5, 5.41) is 3.26. The Hall–Kier alpha value is -0.170. The van der Waals surface area contributed by atoms with Crippen molar-refractivity contribution in [1.82, 2.24) is 14.9 Å². The van der Waals surface area contributed by atoms with Gasteiger partial charge in [-0.05, 0) is 59.5 Å². The second-order valence-corrected chi connectivity index (χ2v) is 8.15. The number of sulfonamides is 1. The zero-order chi connectivity index (χ0) is 15.2. The van der Waals surface area contributed by atoms with Gasteiger partial charge in [0.05, 0.1) is 5.75 Å². The fourth-order valence-corrected chi connectivity index (χ4v) is 4.33. The molecule has 2 N–H and O–H groups in total. The Morgan fingerprint density at radius 1 is 1.15 bits per heavy atom. The van der Waals surface area contributed by atoms with Crippen molar-refractivity contribution in [2.75, 3.05) is 31.9 Å². The second-order valence-electron chi connectivity index (χ2n) is 6.29. The van der Waals surface area contributed by atoms with Crippen molar-refractivity contribution in [1.29, 1.82) is 0 Å². The third kappa shape index (κ3) is 6.52. The second kappa shape index (κ2) is 8.32. The molecular formula is C14H31N3O2S. The van der Waals surface area contributed by atoms with Gasteiger partial charge in [-0.1, -0.05) is 0 Å². The first-order chi connectivity index (χ1) is 9.32. The smallest absolute Gasteiger partial charge is 0.211 e. The Morgan fingerprint density at radius 3 is 2.20 bits per heavy atom. The lowest BCUT2D eigenvalue weighted by molar-refractivity contribution is 0.179. The standard InChI is InChI=1S/C14H31N3O2S/c1-12(2)17(13(3)4)10-9-16-20(18,19)11-14-5-7-15-8-6-14/h12-16H,5-11H2,1-4H3. The zero-order valence-corrected chi connectivity index (χ0v) is 14.2. The molecule has 1 saturated heterocycles. The zero-order valence-electron chi connectivity index (χ0n) is 13.4. The van der Waals surface area contributed by atoms with Crippen LogP contribution in [0.4, 0.5) is 0 Å². The molecule has 5 nitrogen and oxygen atoms in total. The van der Waals surface area contributed by atoms with Crippen molar-refractivity contribution in [3.05, 3.63) is 0 Å². The molecule has 1 fully saturated rings. The average molecular weight is 305 g/mol. The molecule has 120 valence electrons. The number of rotatable bonds is 8. The van der Waals surface area contributed by atoms with E-state index in [1.54, 1.807) is 0 Å². The molecule has 1 aliphatic rings. The first-order valence-electron chi connectivity index (χ1n) is 7.75. The summed E-state index contributed by atoms with van der Waals surface area (Å²) in [6.45, 7) is 11.7. The van der Waals surface area contributed by atoms with Crippen molar-refractivity contribution in [2.45, 2.75) is 52.6 Å². The van der Waals surface area contributed by atoms with Crippen LogP contribution in [-0.4, -0.2) is 57.3 Å². The summed E-state index contributed by atoms with van der Waals surface area (Å²) in [6.07, 6.45) is 1.93. The van der Waals surface area contributed by atoms with E-state index in [4.69, 9.17) is 0 Å². The Kier molecular flexibility index (Phi) is 7.43. The van der Waals surface area contributed by atoms with Gasteiger partial charge in [0.25, 0.3) is 0 Å². The van der Waals surface area contributed by atoms with Gasteiger partial charge in [0.1, 0.15) is 0 Å². The lowest BCUT2D eigenvalue weighted by Crippen LogP contribution is -2.43. The third-order valence-corrected chi connectivity index (χ3v) is 5.49. The average Bonchev–Trinajstić information content (AvgIpc) is 2.34. The van der Waals surface area contributed by atoms with E-state index in [0.717, 1.165) is 32.5 Å². The SMILES string of the molecule is CC(C)N(CCNS(=O)(=O)CC1CCNCC1)C(C)C. The number of nitrogens with zero attached hydrogens (tertiary/aromatic N) is 1. The Bertz CT molecular complexity index is 355. The van der Waals surface area contributed by atoms with Crippen molar-refractivity contribution >= 4 is 10.0 Å². The van der Waals surface area contributed by atoms with E-state index in [2.05, 4.69) is 42.6 Å². The van der Waals surface area contributed by atoms with Crippen LogP contribution in [0.25, 0.3) is 0 Å². The van der Waals surface area contributed by atoms with Crippen LogP contribution in [0.1, 0.15) is 40.5 Å². The van der Waals surface area contributed by atoms with Gasteiger partial charge < -0.3 is 5.32 Å². The molecule has 0 amide bonds. The van der Waals surface area contributed by atoms with Gasteiger partial charge in [0.2, 0.25) is 10.0 Å². The van der Waals surface area contributed by atoms with Crippen molar-refractivity contribution < 1.29 is 8.42 Å². The quantitative estimate of drug-likeness (QED) is 0.703. The fraction of sp³-hybridized carbons (Fsp3) is 1.00.